The lowest BCUT2D eigenvalue weighted by atomic mass is 10.3. The molecule has 0 fully saturated rings. The number of amides is 2. The smallest absolute Gasteiger partial charge is 0.308 e. The molecule has 0 saturated carbocycles. The van der Waals surface area contributed by atoms with Crippen LogP contribution in [0.5, 0.6) is 0 Å². The second kappa shape index (κ2) is 7.98. The van der Waals surface area contributed by atoms with Crippen molar-refractivity contribution >= 4 is 23.5 Å². The lowest BCUT2D eigenvalue weighted by molar-refractivity contribution is -0.153. The second-order valence-electron chi connectivity index (χ2n) is 4.33. The number of para-hydroxylation sites is 1. The van der Waals surface area contributed by atoms with Crippen molar-refractivity contribution in [3.05, 3.63) is 30.1 Å². The van der Waals surface area contributed by atoms with Gasteiger partial charge in [-0.25, -0.2) is 4.39 Å². The number of ether oxygens (including phenoxy) is 1. The Balaban J connectivity index is 2.42. The summed E-state index contributed by atoms with van der Waals surface area (Å²) in [4.78, 5) is 33.8. The maximum atomic E-state index is 13.4. The molecule has 0 bridgehead atoms. The SMILES string of the molecule is CC(=O)NCCC(=O)O[C@H](C)C(=O)Nc1ccccc1F. The Kier molecular flexibility index (Phi) is 6.32. The Labute approximate surface area is 121 Å². The first kappa shape index (κ1) is 16.6. The van der Waals surface area contributed by atoms with Crippen molar-refractivity contribution in [2.75, 3.05) is 11.9 Å². The molecule has 0 saturated heterocycles. The molecule has 0 aliphatic carbocycles. The van der Waals surface area contributed by atoms with Gasteiger partial charge in [0.1, 0.15) is 5.82 Å². The molecule has 1 atom stereocenters. The first-order valence-electron chi connectivity index (χ1n) is 6.39. The Morgan fingerprint density at radius 2 is 1.95 bits per heavy atom. The quantitative estimate of drug-likeness (QED) is 0.773. The monoisotopic (exact) mass is 296 g/mol. The van der Waals surface area contributed by atoms with Gasteiger partial charge in [0.05, 0.1) is 12.1 Å². The van der Waals surface area contributed by atoms with E-state index in [1.165, 1.54) is 32.0 Å². The van der Waals surface area contributed by atoms with E-state index in [9.17, 15) is 18.8 Å². The number of rotatable bonds is 6. The molecule has 1 aromatic rings. The van der Waals surface area contributed by atoms with Gasteiger partial charge in [-0.1, -0.05) is 12.1 Å². The van der Waals surface area contributed by atoms with Gasteiger partial charge in [0.2, 0.25) is 5.91 Å². The van der Waals surface area contributed by atoms with Gasteiger partial charge in [0.25, 0.3) is 5.91 Å². The molecule has 1 rings (SSSR count). The number of benzene rings is 1. The number of hydrogen-bond acceptors (Lipinski definition) is 4. The number of halogens is 1. The van der Waals surface area contributed by atoms with Gasteiger partial charge < -0.3 is 15.4 Å². The minimum absolute atomic E-state index is 0.0173. The fourth-order valence-corrected chi connectivity index (χ4v) is 1.45. The van der Waals surface area contributed by atoms with Gasteiger partial charge in [0, 0.05) is 13.5 Å². The Bertz CT molecular complexity index is 533. The highest BCUT2D eigenvalue weighted by Gasteiger charge is 2.18. The normalized spacial score (nSPS) is 11.4. The summed E-state index contributed by atoms with van der Waals surface area (Å²) < 4.78 is 18.2. The van der Waals surface area contributed by atoms with Crippen LogP contribution in [0, 0.1) is 5.82 Å². The summed E-state index contributed by atoms with van der Waals surface area (Å²) >= 11 is 0. The van der Waals surface area contributed by atoms with Crippen LogP contribution in [0.25, 0.3) is 0 Å². The highest BCUT2D eigenvalue weighted by atomic mass is 19.1. The third-order valence-corrected chi connectivity index (χ3v) is 2.51. The van der Waals surface area contributed by atoms with Gasteiger partial charge in [0.15, 0.2) is 6.10 Å². The highest BCUT2D eigenvalue weighted by molar-refractivity contribution is 5.95. The van der Waals surface area contributed by atoms with Crippen LogP contribution in [0.15, 0.2) is 24.3 Å². The Morgan fingerprint density at radius 1 is 1.29 bits per heavy atom. The first-order valence-corrected chi connectivity index (χ1v) is 6.39. The van der Waals surface area contributed by atoms with E-state index in [1.807, 2.05) is 0 Å². The largest absolute Gasteiger partial charge is 0.452 e. The van der Waals surface area contributed by atoms with Gasteiger partial charge >= 0.3 is 5.97 Å². The number of nitrogens with one attached hydrogen (secondary N) is 2. The predicted molar refractivity (Wildman–Crippen MR) is 73.9 cm³/mol. The van der Waals surface area contributed by atoms with Crippen molar-refractivity contribution in [2.45, 2.75) is 26.4 Å². The summed E-state index contributed by atoms with van der Waals surface area (Å²) in [6.45, 7) is 2.85. The van der Waals surface area contributed by atoms with Crippen molar-refractivity contribution in [3.63, 3.8) is 0 Å². The number of carbonyl (C=O) groups is 3. The van der Waals surface area contributed by atoms with Crippen molar-refractivity contribution in [3.8, 4) is 0 Å². The van der Waals surface area contributed by atoms with Crippen molar-refractivity contribution in [2.24, 2.45) is 0 Å². The zero-order valence-corrected chi connectivity index (χ0v) is 11.8. The lowest BCUT2D eigenvalue weighted by Crippen LogP contribution is -2.31. The minimum Gasteiger partial charge on any atom is -0.452 e. The molecule has 0 aliphatic rings. The average Bonchev–Trinajstić information content (AvgIpc) is 2.40. The molecule has 7 heteroatoms. The number of hydrogen-bond donors (Lipinski definition) is 2. The van der Waals surface area contributed by atoms with E-state index >= 15 is 0 Å². The van der Waals surface area contributed by atoms with E-state index in [4.69, 9.17) is 4.74 Å². The molecule has 2 N–H and O–H groups in total. The van der Waals surface area contributed by atoms with Crippen LogP contribution < -0.4 is 10.6 Å². The molecule has 2 amide bonds. The molecule has 0 aromatic heterocycles. The van der Waals surface area contributed by atoms with Crippen LogP contribution in [0.4, 0.5) is 10.1 Å². The van der Waals surface area contributed by atoms with E-state index in [2.05, 4.69) is 10.6 Å². The zero-order valence-electron chi connectivity index (χ0n) is 11.8. The van der Waals surface area contributed by atoms with Crippen molar-refractivity contribution < 1.29 is 23.5 Å². The maximum absolute atomic E-state index is 13.4. The Hall–Kier alpha value is -2.44. The third kappa shape index (κ3) is 6.03. The molecule has 1 aromatic carbocycles. The number of carbonyl (C=O) groups excluding carboxylic acids is 3. The van der Waals surface area contributed by atoms with Crippen LogP contribution in [-0.2, 0) is 19.1 Å². The summed E-state index contributed by atoms with van der Waals surface area (Å²) in [7, 11) is 0. The lowest BCUT2D eigenvalue weighted by Gasteiger charge is -2.14. The molecule has 21 heavy (non-hydrogen) atoms. The summed E-state index contributed by atoms with van der Waals surface area (Å²) in [5.41, 5.74) is 0.0173. The summed E-state index contributed by atoms with van der Waals surface area (Å²) in [5, 5.41) is 4.77. The fraction of sp³-hybridized carbons (Fsp3) is 0.357. The zero-order chi connectivity index (χ0) is 15.8. The molecular weight excluding hydrogens is 279 g/mol. The molecule has 0 aliphatic heterocycles. The van der Waals surface area contributed by atoms with Gasteiger partial charge in [-0.3, -0.25) is 14.4 Å². The van der Waals surface area contributed by atoms with Crippen molar-refractivity contribution in [1.82, 2.24) is 5.32 Å². The highest BCUT2D eigenvalue weighted by Crippen LogP contribution is 2.13. The number of esters is 1. The first-order chi connectivity index (χ1) is 9.90. The van der Waals surface area contributed by atoms with E-state index in [-0.39, 0.29) is 24.6 Å². The summed E-state index contributed by atoms with van der Waals surface area (Å²) in [5.74, 6) is -2.09. The topological polar surface area (TPSA) is 84.5 Å². The van der Waals surface area contributed by atoms with E-state index in [0.29, 0.717) is 0 Å². The van der Waals surface area contributed by atoms with Gasteiger partial charge in [-0.15, -0.1) is 0 Å². The molecule has 114 valence electrons. The molecule has 6 nitrogen and oxygen atoms in total. The summed E-state index contributed by atoms with van der Waals surface area (Å²) in [6.07, 6.45) is -1.11. The Morgan fingerprint density at radius 3 is 2.57 bits per heavy atom. The fourth-order valence-electron chi connectivity index (χ4n) is 1.45. The minimum atomic E-state index is -1.06. The van der Waals surface area contributed by atoms with Crippen molar-refractivity contribution in [1.29, 1.82) is 0 Å². The van der Waals surface area contributed by atoms with E-state index < -0.39 is 23.8 Å². The van der Waals surface area contributed by atoms with Crippen LogP contribution >= 0.6 is 0 Å². The molecule has 0 radical (unpaired) electrons. The molecule has 0 spiro atoms. The van der Waals surface area contributed by atoms with Crippen LogP contribution in [0.3, 0.4) is 0 Å². The van der Waals surface area contributed by atoms with E-state index in [0.717, 1.165) is 0 Å². The second-order valence-corrected chi connectivity index (χ2v) is 4.33. The van der Waals surface area contributed by atoms with Crippen LogP contribution in [0.1, 0.15) is 20.3 Å². The number of anilines is 1. The predicted octanol–water partition coefficient (Wildman–Crippen LogP) is 1.22. The maximum Gasteiger partial charge on any atom is 0.308 e. The molecule has 0 unspecified atom stereocenters. The average molecular weight is 296 g/mol. The summed E-state index contributed by atoms with van der Waals surface area (Å²) in [6, 6.07) is 5.68. The van der Waals surface area contributed by atoms with E-state index in [1.54, 1.807) is 6.07 Å². The standard InChI is InChI=1S/C14H17FN2O4/c1-9(21-13(19)7-8-16-10(2)18)14(20)17-12-6-4-3-5-11(12)15/h3-6,9H,7-8H2,1-2H3,(H,16,18)(H,17,20)/t9-/m1/s1. The van der Waals surface area contributed by atoms with Gasteiger partial charge in [-0.05, 0) is 19.1 Å². The molecule has 0 heterocycles. The van der Waals surface area contributed by atoms with Crippen LogP contribution in [-0.4, -0.2) is 30.4 Å². The van der Waals surface area contributed by atoms with Crippen LogP contribution in [0.2, 0.25) is 0 Å². The third-order valence-electron chi connectivity index (χ3n) is 2.51. The molecular formula is C14H17FN2O4. The van der Waals surface area contributed by atoms with Gasteiger partial charge in [-0.2, -0.15) is 0 Å².